The fourth-order valence-electron chi connectivity index (χ4n) is 4.31. The lowest BCUT2D eigenvalue weighted by molar-refractivity contribution is 0.0701. The Morgan fingerprint density at radius 1 is 1.00 bits per heavy atom. The van der Waals surface area contributed by atoms with Gasteiger partial charge in [-0.15, -0.1) is 0 Å². The molecule has 2 aromatic heterocycles. The first-order valence-electron chi connectivity index (χ1n) is 10.3. The van der Waals surface area contributed by atoms with E-state index in [1.807, 2.05) is 47.5 Å². The third kappa shape index (κ3) is 3.28. The highest BCUT2D eigenvalue weighted by molar-refractivity contribution is 5.96. The van der Waals surface area contributed by atoms with Gasteiger partial charge in [0.2, 0.25) is 5.43 Å². The van der Waals surface area contributed by atoms with E-state index in [0.29, 0.717) is 6.54 Å². The van der Waals surface area contributed by atoms with Crippen molar-refractivity contribution in [1.82, 2.24) is 14.6 Å². The number of pyridine rings is 2. The highest BCUT2D eigenvalue weighted by Gasteiger charge is 2.37. The van der Waals surface area contributed by atoms with Crippen LogP contribution in [-0.4, -0.2) is 38.8 Å². The summed E-state index contributed by atoms with van der Waals surface area (Å²) in [6.07, 6.45) is 9.01. The number of aromatic nitrogens is 2. The molecule has 2 aliphatic rings. The Balaban J connectivity index is 1.80. The second-order valence-electron chi connectivity index (χ2n) is 7.70. The summed E-state index contributed by atoms with van der Waals surface area (Å²) in [5.41, 5.74) is 2.43. The van der Waals surface area contributed by atoms with Gasteiger partial charge in [-0.1, -0.05) is 48.6 Å². The number of carbonyl (C=O) groups is 1. The number of rotatable bonds is 1. The van der Waals surface area contributed by atoms with E-state index in [1.54, 1.807) is 22.0 Å². The Bertz CT molecular complexity index is 1220. The smallest absolute Gasteiger partial charge is 0.278 e. The fraction of sp³-hybridized carbons (Fsp3) is 0.208. The maximum atomic E-state index is 13.2. The van der Waals surface area contributed by atoms with Gasteiger partial charge in [-0.25, -0.2) is 0 Å². The Kier molecular flexibility index (Phi) is 4.78. The molecule has 1 N–H and O–H groups in total. The van der Waals surface area contributed by atoms with Crippen molar-refractivity contribution in [3.63, 3.8) is 0 Å². The predicted octanol–water partition coefficient (Wildman–Crippen LogP) is 2.59. The van der Waals surface area contributed by atoms with E-state index in [9.17, 15) is 14.7 Å². The van der Waals surface area contributed by atoms with Crippen molar-refractivity contribution in [2.75, 3.05) is 18.2 Å². The zero-order valence-corrected chi connectivity index (χ0v) is 16.9. The summed E-state index contributed by atoms with van der Waals surface area (Å²) >= 11 is 0. The maximum Gasteiger partial charge on any atom is 0.278 e. The number of carbonyl (C=O) groups excluding carboxylic acids is 1. The van der Waals surface area contributed by atoms with Crippen molar-refractivity contribution in [1.29, 1.82) is 0 Å². The third-order valence-corrected chi connectivity index (χ3v) is 5.81. The van der Waals surface area contributed by atoms with E-state index in [1.165, 1.54) is 6.07 Å². The van der Waals surface area contributed by atoms with Crippen molar-refractivity contribution in [2.45, 2.75) is 18.9 Å². The quantitative estimate of drug-likeness (QED) is 0.620. The summed E-state index contributed by atoms with van der Waals surface area (Å²) in [6, 6.07) is 15.0. The van der Waals surface area contributed by atoms with Crippen LogP contribution in [0, 0.1) is 0 Å². The Hall–Kier alpha value is -3.87. The first-order valence-corrected chi connectivity index (χ1v) is 10.3. The highest BCUT2D eigenvalue weighted by Crippen LogP contribution is 2.33. The van der Waals surface area contributed by atoms with Gasteiger partial charge in [0.15, 0.2) is 11.4 Å². The molecule has 0 saturated carbocycles. The molecular formula is C24H22N4O3. The molecule has 7 heteroatoms. The second-order valence-corrected chi connectivity index (χ2v) is 7.70. The number of aryl methyl sites for hydroxylation is 1. The van der Waals surface area contributed by atoms with Gasteiger partial charge in [0, 0.05) is 25.0 Å². The molecule has 4 heterocycles. The van der Waals surface area contributed by atoms with Gasteiger partial charge in [-0.05, 0) is 30.0 Å². The number of fused-ring (bicyclic) bond motifs is 5. The molecule has 0 unspecified atom stereocenters. The van der Waals surface area contributed by atoms with Crippen LogP contribution in [0.3, 0.4) is 0 Å². The molecule has 0 saturated heterocycles. The topological polar surface area (TPSA) is 78.7 Å². The summed E-state index contributed by atoms with van der Waals surface area (Å²) in [5.74, 6) is -0.905. The van der Waals surface area contributed by atoms with Crippen LogP contribution in [-0.2, 0) is 6.42 Å². The van der Waals surface area contributed by atoms with E-state index < -0.39 is 11.2 Å². The molecule has 1 amide bonds. The van der Waals surface area contributed by atoms with E-state index in [4.69, 9.17) is 4.98 Å². The molecule has 3 aromatic rings. The van der Waals surface area contributed by atoms with E-state index in [2.05, 4.69) is 12.1 Å². The summed E-state index contributed by atoms with van der Waals surface area (Å²) < 4.78 is 1.60. The number of allylic oxidation sites excluding steroid dienone is 1. The van der Waals surface area contributed by atoms with Gasteiger partial charge in [0.1, 0.15) is 12.7 Å². The minimum atomic E-state index is -0.573. The van der Waals surface area contributed by atoms with Crippen LogP contribution in [0.5, 0.6) is 5.75 Å². The number of hydrogen-bond donors (Lipinski definition) is 1. The Labute approximate surface area is 179 Å². The molecule has 156 valence electrons. The van der Waals surface area contributed by atoms with Crippen molar-refractivity contribution in [2.24, 2.45) is 0 Å². The predicted molar refractivity (Wildman–Crippen MR) is 116 cm³/mol. The normalized spacial score (nSPS) is 19.2. The number of aromatic hydroxyl groups is 1. The van der Waals surface area contributed by atoms with E-state index in [0.717, 1.165) is 29.7 Å². The zero-order chi connectivity index (χ0) is 21.4. The van der Waals surface area contributed by atoms with Gasteiger partial charge >= 0.3 is 0 Å². The lowest BCUT2D eigenvalue weighted by Crippen LogP contribution is -2.55. The van der Waals surface area contributed by atoms with Crippen molar-refractivity contribution < 1.29 is 9.90 Å². The molecular weight excluding hydrogens is 392 g/mol. The fourth-order valence-corrected chi connectivity index (χ4v) is 4.31. The van der Waals surface area contributed by atoms with Crippen molar-refractivity contribution in [3.05, 3.63) is 106 Å². The first kappa shape index (κ1) is 19.1. The molecule has 2 bridgehead atoms. The van der Waals surface area contributed by atoms with Crippen LogP contribution in [0.4, 0.5) is 0 Å². The number of hydrogen-bond acceptors (Lipinski definition) is 5. The summed E-state index contributed by atoms with van der Waals surface area (Å²) in [6.45, 7) is 0.678. The van der Waals surface area contributed by atoms with Crippen molar-refractivity contribution in [3.8, 4) is 5.75 Å². The number of amides is 1. The molecule has 0 radical (unpaired) electrons. The monoisotopic (exact) mass is 414 g/mol. The van der Waals surface area contributed by atoms with E-state index >= 15 is 0 Å². The molecule has 5 rings (SSSR count). The van der Waals surface area contributed by atoms with E-state index in [-0.39, 0.29) is 24.3 Å². The Morgan fingerprint density at radius 3 is 2.68 bits per heavy atom. The maximum absolute atomic E-state index is 13.2. The van der Waals surface area contributed by atoms with Crippen LogP contribution in [0.15, 0.2) is 77.9 Å². The van der Waals surface area contributed by atoms with Gasteiger partial charge < -0.3 is 10.0 Å². The van der Waals surface area contributed by atoms with Gasteiger partial charge in [0.05, 0.1) is 5.69 Å². The lowest BCUT2D eigenvalue weighted by atomic mass is 9.96. The van der Waals surface area contributed by atoms with Crippen LogP contribution >= 0.6 is 0 Å². The minimum absolute atomic E-state index is 0.0233. The van der Waals surface area contributed by atoms with Crippen molar-refractivity contribution >= 4 is 5.91 Å². The molecule has 2 aliphatic heterocycles. The summed E-state index contributed by atoms with van der Waals surface area (Å²) in [4.78, 5) is 31.7. The molecule has 7 nitrogen and oxygen atoms in total. The SMILES string of the molecule is O=C1c2c(O)c(=O)ccn2N2CN1C/C=C\CCc1cccnc1[C@@H]2c1ccccc1. The molecule has 0 fully saturated rings. The molecule has 1 aromatic carbocycles. The molecule has 31 heavy (non-hydrogen) atoms. The van der Waals surface area contributed by atoms with Gasteiger partial charge in [-0.2, -0.15) is 0 Å². The molecule has 1 atom stereocenters. The molecule has 0 spiro atoms. The average molecular weight is 414 g/mol. The Morgan fingerprint density at radius 2 is 1.84 bits per heavy atom. The second kappa shape index (κ2) is 7.75. The minimum Gasteiger partial charge on any atom is -0.502 e. The largest absolute Gasteiger partial charge is 0.502 e. The average Bonchev–Trinajstić information content (AvgIpc) is 2.82. The van der Waals surface area contributed by atoms with Crippen LogP contribution in [0.1, 0.15) is 39.8 Å². The highest BCUT2D eigenvalue weighted by atomic mass is 16.3. The first-order chi connectivity index (χ1) is 15.1. The zero-order valence-electron chi connectivity index (χ0n) is 16.9. The third-order valence-electron chi connectivity index (χ3n) is 5.81. The van der Waals surface area contributed by atoms with Crippen LogP contribution < -0.4 is 10.4 Å². The summed E-state index contributed by atoms with van der Waals surface area (Å²) in [7, 11) is 0. The number of nitrogens with zero attached hydrogens (tertiary/aromatic N) is 4. The molecule has 0 aliphatic carbocycles. The van der Waals surface area contributed by atoms with Gasteiger partial charge in [-0.3, -0.25) is 24.3 Å². The van der Waals surface area contributed by atoms with Crippen LogP contribution in [0.2, 0.25) is 0 Å². The van der Waals surface area contributed by atoms with Gasteiger partial charge in [0.25, 0.3) is 5.91 Å². The van der Waals surface area contributed by atoms with Crippen LogP contribution in [0.25, 0.3) is 0 Å². The number of benzene rings is 1. The standard InChI is InChI=1S/C24H22N4O3/c29-19-12-15-27-22(23(19)30)24(31)26-14-6-2-5-8-17-11-7-13-25-20(17)21(28(27)16-26)18-9-3-1-4-10-18/h1-4,6-7,9-13,15,21,30H,5,8,14,16H2/b6-2-/t21-/m0/s1. The summed E-state index contributed by atoms with van der Waals surface area (Å²) in [5, 5.41) is 12.5. The lowest BCUT2D eigenvalue weighted by Gasteiger charge is -2.43.